The highest BCUT2D eigenvalue weighted by atomic mass is 35.5. The van der Waals surface area contributed by atoms with Crippen molar-refractivity contribution in [3.63, 3.8) is 0 Å². The summed E-state index contributed by atoms with van der Waals surface area (Å²) in [6, 6.07) is 10.6. The molecule has 4 nitrogen and oxygen atoms in total. The van der Waals surface area contributed by atoms with Gasteiger partial charge in [-0.3, -0.25) is 0 Å². The number of rotatable bonds is 6. The fraction of sp³-hybridized carbons (Fsp3) is 0.400. The van der Waals surface area contributed by atoms with Gasteiger partial charge in [0.2, 0.25) is 0 Å². The van der Waals surface area contributed by atoms with Gasteiger partial charge in [-0.1, -0.05) is 29.8 Å². The number of hydrogen-bond acceptors (Lipinski definition) is 2. The normalized spacial score (nSPS) is 19.0. The number of halogens is 3. The van der Waals surface area contributed by atoms with Crippen molar-refractivity contribution < 1.29 is 13.6 Å². The van der Waals surface area contributed by atoms with Crippen molar-refractivity contribution in [1.82, 2.24) is 9.80 Å². The molecule has 0 bridgehead atoms. The highest BCUT2D eigenvalue weighted by Gasteiger charge is 2.27. The van der Waals surface area contributed by atoms with Gasteiger partial charge in [0.15, 0.2) is 0 Å². The monoisotopic (exact) mass is 459 g/mol. The Hall–Kier alpha value is -2.44. The van der Waals surface area contributed by atoms with E-state index in [1.165, 1.54) is 18.4 Å². The number of hydrogen-bond donors (Lipinski definition) is 1. The number of benzene rings is 2. The van der Waals surface area contributed by atoms with E-state index in [4.69, 9.17) is 11.6 Å². The van der Waals surface area contributed by atoms with Crippen LogP contribution in [0.25, 0.3) is 5.57 Å². The summed E-state index contributed by atoms with van der Waals surface area (Å²) in [5.41, 5.74) is 2.47. The zero-order chi connectivity index (χ0) is 22.5. The van der Waals surface area contributed by atoms with E-state index in [2.05, 4.69) is 16.3 Å². The number of anilines is 1. The number of allylic oxidation sites excluding steroid dienone is 1. The minimum Gasteiger partial charge on any atom is -0.320 e. The van der Waals surface area contributed by atoms with Crippen molar-refractivity contribution >= 4 is 28.9 Å². The Labute approximate surface area is 192 Å². The van der Waals surface area contributed by atoms with E-state index in [1.54, 1.807) is 0 Å². The second-order valence-electron chi connectivity index (χ2n) is 8.50. The number of carbonyl (C=O) groups is 1. The largest absolute Gasteiger partial charge is 0.322 e. The number of amides is 2. The topological polar surface area (TPSA) is 35.6 Å². The molecule has 1 aliphatic heterocycles. The molecule has 32 heavy (non-hydrogen) atoms. The summed E-state index contributed by atoms with van der Waals surface area (Å²) in [5.74, 6) is -1.42. The molecule has 2 aliphatic rings. The molecular formula is C25H28ClF2N3O. The van der Waals surface area contributed by atoms with Gasteiger partial charge in [-0.25, -0.2) is 13.6 Å². The van der Waals surface area contributed by atoms with E-state index in [0.717, 1.165) is 62.7 Å². The van der Waals surface area contributed by atoms with Crippen molar-refractivity contribution in [2.45, 2.75) is 38.1 Å². The second kappa shape index (κ2) is 10.5. The average Bonchev–Trinajstić information content (AvgIpc) is 3.27. The first-order chi connectivity index (χ1) is 15.5. The van der Waals surface area contributed by atoms with Crippen LogP contribution in [0.15, 0.2) is 48.5 Å². The molecule has 2 aromatic carbocycles. The molecule has 2 amide bonds. The maximum absolute atomic E-state index is 13.6. The second-order valence-corrected chi connectivity index (χ2v) is 8.93. The van der Waals surface area contributed by atoms with Crippen LogP contribution in [0.4, 0.5) is 19.3 Å². The van der Waals surface area contributed by atoms with Crippen LogP contribution < -0.4 is 5.32 Å². The highest BCUT2D eigenvalue weighted by Crippen LogP contribution is 2.31. The molecule has 1 aliphatic carbocycles. The number of carbonyl (C=O) groups excluding carboxylic acids is 1. The first-order valence-electron chi connectivity index (χ1n) is 11.2. The number of likely N-dealkylation sites (tertiary alicyclic amines) is 1. The number of urea groups is 1. The fourth-order valence-corrected chi connectivity index (χ4v) is 4.77. The van der Waals surface area contributed by atoms with Crippen molar-refractivity contribution in [2.75, 3.05) is 31.5 Å². The molecule has 0 spiro atoms. The van der Waals surface area contributed by atoms with E-state index < -0.39 is 11.6 Å². The number of nitrogens with one attached hydrogen (secondary N) is 1. The Morgan fingerprint density at radius 1 is 1.12 bits per heavy atom. The minimum atomic E-state index is -0.712. The lowest BCUT2D eigenvalue weighted by Crippen LogP contribution is -2.47. The molecule has 4 rings (SSSR count). The van der Waals surface area contributed by atoms with Crippen LogP contribution in [-0.4, -0.2) is 48.1 Å². The third-order valence-electron chi connectivity index (χ3n) is 6.25. The molecule has 1 fully saturated rings. The standard InChI is InChI=1S/C25H28ClF2N3O/c26-20-5-3-4-19(14-20)18-6-8-24(9-7-18)31(13-12-30-10-1-2-11-30)25(32)29-23-16-21(27)15-22(28)17-23/h3-6,14-17,24H,1-2,7-13H2,(H,29,32). The highest BCUT2D eigenvalue weighted by molar-refractivity contribution is 6.30. The molecule has 1 saturated heterocycles. The summed E-state index contributed by atoms with van der Waals surface area (Å²) < 4.78 is 27.2. The van der Waals surface area contributed by atoms with Crippen molar-refractivity contribution in [3.05, 3.63) is 70.8 Å². The van der Waals surface area contributed by atoms with Crippen LogP contribution in [0.2, 0.25) is 5.02 Å². The van der Waals surface area contributed by atoms with Crippen molar-refractivity contribution in [1.29, 1.82) is 0 Å². The smallest absolute Gasteiger partial charge is 0.320 e. The third kappa shape index (κ3) is 5.87. The third-order valence-corrected chi connectivity index (χ3v) is 6.49. The zero-order valence-corrected chi connectivity index (χ0v) is 18.8. The van der Waals surface area contributed by atoms with Crippen LogP contribution >= 0.6 is 11.6 Å². The van der Waals surface area contributed by atoms with Gasteiger partial charge in [-0.2, -0.15) is 0 Å². The first-order valence-corrected chi connectivity index (χ1v) is 11.6. The van der Waals surface area contributed by atoms with Gasteiger partial charge in [0.1, 0.15) is 11.6 Å². The summed E-state index contributed by atoms with van der Waals surface area (Å²) in [6.45, 7) is 3.48. The molecule has 0 radical (unpaired) electrons. The molecule has 2 aromatic rings. The van der Waals surface area contributed by atoms with E-state index in [-0.39, 0.29) is 17.8 Å². The van der Waals surface area contributed by atoms with Crippen LogP contribution in [0.3, 0.4) is 0 Å². The quantitative estimate of drug-likeness (QED) is 0.559. The van der Waals surface area contributed by atoms with E-state index in [1.807, 2.05) is 29.2 Å². The summed E-state index contributed by atoms with van der Waals surface area (Å²) in [7, 11) is 0. The van der Waals surface area contributed by atoms with Gasteiger partial charge in [-0.15, -0.1) is 0 Å². The molecule has 0 saturated carbocycles. The van der Waals surface area contributed by atoms with Crippen LogP contribution in [-0.2, 0) is 0 Å². The van der Waals surface area contributed by atoms with Gasteiger partial charge in [0, 0.05) is 35.9 Å². The molecule has 7 heteroatoms. The summed E-state index contributed by atoms with van der Waals surface area (Å²) in [5, 5.41) is 3.40. The minimum absolute atomic E-state index is 0.0268. The van der Waals surface area contributed by atoms with E-state index in [9.17, 15) is 13.6 Å². The van der Waals surface area contributed by atoms with E-state index >= 15 is 0 Å². The van der Waals surface area contributed by atoms with Gasteiger partial charge < -0.3 is 15.1 Å². The van der Waals surface area contributed by atoms with Crippen molar-refractivity contribution in [2.24, 2.45) is 0 Å². The lowest BCUT2D eigenvalue weighted by molar-refractivity contribution is 0.170. The number of nitrogens with zero attached hydrogens (tertiary/aromatic N) is 2. The predicted octanol–water partition coefficient (Wildman–Crippen LogP) is 6.18. The van der Waals surface area contributed by atoms with Gasteiger partial charge in [0.25, 0.3) is 0 Å². The maximum Gasteiger partial charge on any atom is 0.322 e. The molecule has 0 aromatic heterocycles. The molecule has 1 heterocycles. The SMILES string of the molecule is O=C(Nc1cc(F)cc(F)c1)N(CCN1CCCC1)C1CC=C(c2cccc(Cl)c2)CC1. The lowest BCUT2D eigenvalue weighted by Gasteiger charge is -2.35. The molecule has 1 unspecified atom stereocenters. The van der Waals surface area contributed by atoms with Crippen LogP contribution in [0.5, 0.6) is 0 Å². The molecule has 1 N–H and O–H groups in total. The zero-order valence-electron chi connectivity index (χ0n) is 18.0. The Balaban J connectivity index is 1.47. The first kappa shape index (κ1) is 22.7. The Kier molecular flexibility index (Phi) is 7.43. The van der Waals surface area contributed by atoms with Crippen molar-refractivity contribution in [3.8, 4) is 0 Å². The molecular weight excluding hydrogens is 432 g/mol. The average molecular weight is 460 g/mol. The lowest BCUT2D eigenvalue weighted by atomic mass is 9.90. The summed E-state index contributed by atoms with van der Waals surface area (Å²) in [4.78, 5) is 17.3. The fourth-order valence-electron chi connectivity index (χ4n) is 4.58. The summed E-state index contributed by atoms with van der Waals surface area (Å²) >= 11 is 6.14. The van der Waals surface area contributed by atoms with Gasteiger partial charge >= 0.3 is 6.03 Å². The van der Waals surface area contributed by atoms with Gasteiger partial charge in [0.05, 0.1) is 0 Å². The molecule has 170 valence electrons. The van der Waals surface area contributed by atoms with Crippen LogP contribution in [0.1, 0.15) is 37.7 Å². The van der Waals surface area contributed by atoms with E-state index in [0.29, 0.717) is 11.6 Å². The maximum atomic E-state index is 13.6. The predicted molar refractivity (Wildman–Crippen MR) is 125 cm³/mol. The Morgan fingerprint density at radius 2 is 1.88 bits per heavy atom. The Morgan fingerprint density at radius 3 is 2.53 bits per heavy atom. The Bertz CT molecular complexity index is 971. The summed E-state index contributed by atoms with van der Waals surface area (Å²) in [6.07, 6.45) is 6.94. The van der Waals surface area contributed by atoms with Gasteiger partial charge in [-0.05, 0) is 80.6 Å². The van der Waals surface area contributed by atoms with Crippen LogP contribution in [0, 0.1) is 11.6 Å². The molecule has 1 atom stereocenters.